The molecule has 0 aliphatic heterocycles. The van der Waals surface area contributed by atoms with Crippen LogP contribution in [0.25, 0.3) is 0 Å². The predicted octanol–water partition coefficient (Wildman–Crippen LogP) is 0.914. The molecular weight excluding hydrogens is 210 g/mol. The van der Waals surface area contributed by atoms with Gasteiger partial charge in [0.1, 0.15) is 0 Å². The van der Waals surface area contributed by atoms with E-state index in [4.69, 9.17) is 0 Å². The van der Waals surface area contributed by atoms with Crippen molar-refractivity contribution in [3.8, 4) is 0 Å². The largest absolute Gasteiger partial charge is 0.315 e. The van der Waals surface area contributed by atoms with Crippen LogP contribution in [0.3, 0.4) is 0 Å². The van der Waals surface area contributed by atoms with Gasteiger partial charge in [-0.2, -0.15) is 0 Å². The lowest BCUT2D eigenvalue weighted by Gasteiger charge is -2.11. The Morgan fingerprint density at radius 1 is 1.53 bits per heavy atom. The monoisotopic (exact) mass is 229 g/mol. The molecule has 0 aliphatic rings. The summed E-state index contributed by atoms with van der Waals surface area (Å²) in [5.41, 5.74) is 0.966. The second kappa shape index (κ2) is 6.76. The highest BCUT2D eigenvalue weighted by atomic mass is 32.1. The fourth-order valence-corrected chi connectivity index (χ4v) is 1.76. The molecule has 0 saturated heterocycles. The van der Waals surface area contributed by atoms with Crippen molar-refractivity contribution >= 4 is 11.3 Å². The van der Waals surface area contributed by atoms with Gasteiger partial charge in [-0.05, 0) is 13.3 Å². The van der Waals surface area contributed by atoms with Gasteiger partial charge in [0.05, 0.1) is 0 Å². The molecule has 0 bridgehead atoms. The summed E-state index contributed by atoms with van der Waals surface area (Å²) < 4.78 is 0. The van der Waals surface area contributed by atoms with E-state index in [2.05, 4.69) is 29.5 Å². The first-order chi connectivity index (χ1) is 7.22. The van der Waals surface area contributed by atoms with Gasteiger partial charge >= 0.3 is 4.87 Å². The average molecular weight is 229 g/mol. The third-order valence-corrected chi connectivity index (χ3v) is 3.01. The maximum atomic E-state index is 10.8. The number of rotatable bonds is 7. The number of aromatic nitrogens is 1. The molecule has 4 nitrogen and oxygen atoms in total. The van der Waals surface area contributed by atoms with Crippen LogP contribution in [0.15, 0.2) is 10.2 Å². The number of hydrogen-bond acceptors (Lipinski definition) is 4. The van der Waals surface area contributed by atoms with Crippen LogP contribution in [-0.2, 0) is 6.54 Å². The minimum atomic E-state index is 0.0181. The summed E-state index contributed by atoms with van der Waals surface area (Å²) in [6, 6.07) is 0.577. The molecule has 0 amide bonds. The Hall–Kier alpha value is -0.650. The van der Waals surface area contributed by atoms with Crippen LogP contribution >= 0.6 is 11.3 Å². The number of H-pyrrole nitrogens is 1. The van der Waals surface area contributed by atoms with E-state index in [1.807, 2.05) is 5.38 Å². The number of aromatic amines is 1. The minimum absolute atomic E-state index is 0.0181. The van der Waals surface area contributed by atoms with Crippen molar-refractivity contribution in [1.29, 1.82) is 0 Å². The van der Waals surface area contributed by atoms with Gasteiger partial charge in [-0.3, -0.25) is 4.79 Å². The van der Waals surface area contributed by atoms with Crippen molar-refractivity contribution in [2.75, 3.05) is 13.1 Å². The molecule has 5 heteroatoms. The van der Waals surface area contributed by atoms with E-state index in [1.54, 1.807) is 0 Å². The summed E-state index contributed by atoms with van der Waals surface area (Å²) >= 11 is 1.21. The van der Waals surface area contributed by atoms with Crippen LogP contribution in [0, 0.1) is 0 Å². The molecule has 0 radical (unpaired) electrons. The van der Waals surface area contributed by atoms with E-state index in [0.29, 0.717) is 6.04 Å². The zero-order valence-electron chi connectivity index (χ0n) is 9.30. The van der Waals surface area contributed by atoms with Crippen LogP contribution in [0.4, 0.5) is 0 Å². The maximum absolute atomic E-state index is 10.8. The normalized spacial score (nSPS) is 12.9. The van der Waals surface area contributed by atoms with Crippen LogP contribution in [0.2, 0.25) is 0 Å². The highest BCUT2D eigenvalue weighted by Crippen LogP contribution is 1.93. The molecule has 1 aromatic rings. The molecule has 3 N–H and O–H groups in total. The zero-order chi connectivity index (χ0) is 11.1. The van der Waals surface area contributed by atoms with E-state index in [-0.39, 0.29) is 4.87 Å². The van der Waals surface area contributed by atoms with Crippen LogP contribution in [0.5, 0.6) is 0 Å². The smallest absolute Gasteiger partial charge is 0.304 e. The van der Waals surface area contributed by atoms with Gasteiger partial charge in [-0.1, -0.05) is 18.3 Å². The molecule has 0 fully saturated rings. The predicted molar refractivity (Wildman–Crippen MR) is 64.4 cm³/mol. The van der Waals surface area contributed by atoms with Crippen molar-refractivity contribution in [3.05, 3.63) is 20.7 Å². The molecule has 1 rings (SSSR count). The first-order valence-corrected chi connectivity index (χ1v) is 6.21. The van der Waals surface area contributed by atoms with Crippen molar-refractivity contribution in [2.45, 2.75) is 32.9 Å². The summed E-state index contributed by atoms with van der Waals surface area (Å²) in [6.45, 7) is 6.96. The fourth-order valence-electron chi connectivity index (χ4n) is 1.17. The Balaban J connectivity index is 2.05. The molecule has 1 aromatic heterocycles. The molecule has 86 valence electrons. The molecule has 1 atom stereocenters. The Labute approximate surface area is 94.1 Å². The summed E-state index contributed by atoms with van der Waals surface area (Å²) in [7, 11) is 0. The van der Waals surface area contributed by atoms with Gasteiger partial charge in [0, 0.05) is 36.8 Å². The second-order valence-electron chi connectivity index (χ2n) is 3.61. The fraction of sp³-hybridized carbons (Fsp3) is 0.700. The first kappa shape index (κ1) is 12.4. The van der Waals surface area contributed by atoms with Gasteiger partial charge < -0.3 is 15.6 Å². The summed E-state index contributed by atoms with van der Waals surface area (Å²) in [4.78, 5) is 13.6. The SMILES string of the molecule is CCC(C)NCCNCc1csc(=O)[nH]1. The topological polar surface area (TPSA) is 56.9 Å². The van der Waals surface area contributed by atoms with E-state index in [9.17, 15) is 4.79 Å². The van der Waals surface area contributed by atoms with E-state index < -0.39 is 0 Å². The number of nitrogens with one attached hydrogen (secondary N) is 3. The van der Waals surface area contributed by atoms with Crippen LogP contribution in [-0.4, -0.2) is 24.1 Å². The maximum Gasteiger partial charge on any atom is 0.304 e. The average Bonchev–Trinajstić information content (AvgIpc) is 2.63. The van der Waals surface area contributed by atoms with Gasteiger partial charge in [-0.25, -0.2) is 0 Å². The molecule has 15 heavy (non-hydrogen) atoms. The van der Waals surface area contributed by atoms with Gasteiger partial charge in [0.25, 0.3) is 0 Å². The third kappa shape index (κ3) is 5.11. The van der Waals surface area contributed by atoms with Crippen molar-refractivity contribution < 1.29 is 0 Å². The summed E-state index contributed by atoms with van der Waals surface area (Å²) in [5, 5.41) is 8.52. The second-order valence-corrected chi connectivity index (χ2v) is 4.46. The third-order valence-electron chi connectivity index (χ3n) is 2.29. The quantitative estimate of drug-likeness (QED) is 0.609. The lowest BCUT2D eigenvalue weighted by Crippen LogP contribution is -2.32. The highest BCUT2D eigenvalue weighted by Gasteiger charge is 1.97. The lowest BCUT2D eigenvalue weighted by atomic mass is 10.2. The molecule has 0 aromatic carbocycles. The standard InChI is InChI=1S/C10H19N3OS/c1-3-8(2)12-5-4-11-6-9-7-15-10(14)13-9/h7-8,11-12H,3-6H2,1-2H3,(H,13,14). The molecular formula is C10H19N3OS. The van der Waals surface area contributed by atoms with Gasteiger partial charge in [0.2, 0.25) is 0 Å². The summed E-state index contributed by atoms with van der Waals surface area (Å²) in [6.07, 6.45) is 1.15. The van der Waals surface area contributed by atoms with Gasteiger partial charge in [0.15, 0.2) is 0 Å². The molecule has 0 spiro atoms. The highest BCUT2D eigenvalue weighted by molar-refractivity contribution is 7.07. The molecule has 1 unspecified atom stereocenters. The van der Waals surface area contributed by atoms with E-state index in [0.717, 1.165) is 31.7 Å². The first-order valence-electron chi connectivity index (χ1n) is 5.33. The Kier molecular flexibility index (Phi) is 5.60. The van der Waals surface area contributed by atoms with E-state index >= 15 is 0 Å². The minimum Gasteiger partial charge on any atom is -0.315 e. The summed E-state index contributed by atoms with van der Waals surface area (Å²) in [5.74, 6) is 0. The lowest BCUT2D eigenvalue weighted by molar-refractivity contribution is 0.516. The van der Waals surface area contributed by atoms with Crippen molar-refractivity contribution in [1.82, 2.24) is 15.6 Å². The van der Waals surface area contributed by atoms with Crippen LogP contribution in [0.1, 0.15) is 26.0 Å². The molecule has 0 aliphatic carbocycles. The Morgan fingerprint density at radius 2 is 2.33 bits per heavy atom. The molecule has 0 saturated carbocycles. The van der Waals surface area contributed by atoms with E-state index in [1.165, 1.54) is 11.3 Å². The Morgan fingerprint density at radius 3 is 2.93 bits per heavy atom. The zero-order valence-corrected chi connectivity index (χ0v) is 10.1. The van der Waals surface area contributed by atoms with Crippen molar-refractivity contribution in [2.24, 2.45) is 0 Å². The van der Waals surface area contributed by atoms with Crippen LogP contribution < -0.4 is 15.5 Å². The van der Waals surface area contributed by atoms with Gasteiger partial charge in [-0.15, -0.1) is 0 Å². The number of hydrogen-bond donors (Lipinski definition) is 3. The van der Waals surface area contributed by atoms with Crippen molar-refractivity contribution in [3.63, 3.8) is 0 Å². The number of thiazole rings is 1. The molecule has 1 heterocycles. The Bertz CT molecular complexity index is 320.